The van der Waals surface area contributed by atoms with Gasteiger partial charge in [-0.1, -0.05) is 66.7 Å². The lowest BCUT2D eigenvalue weighted by atomic mass is 9.69. The molecule has 0 spiro atoms. The van der Waals surface area contributed by atoms with Gasteiger partial charge in [0.15, 0.2) is 17.3 Å². The molecule has 4 heteroatoms. The van der Waals surface area contributed by atoms with Crippen LogP contribution in [0.5, 0.6) is 0 Å². The average molecular weight is 460 g/mol. The molecule has 4 aromatic rings. The zero-order valence-electron chi connectivity index (χ0n) is 20.2. The quantitative estimate of drug-likeness (QED) is 0.181. The third-order valence-corrected chi connectivity index (χ3v) is 7.76. The minimum Gasteiger partial charge on any atom is -0.350 e. The monoisotopic (exact) mass is 459 g/mol. The number of nitrogens with zero attached hydrogens (tertiary/aromatic N) is 2. The number of rotatable bonds is 4. The third-order valence-electron chi connectivity index (χ3n) is 7.76. The van der Waals surface area contributed by atoms with Crippen molar-refractivity contribution in [2.75, 3.05) is 7.05 Å². The molecular formula is C31H27N2O2+. The van der Waals surface area contributed by atoms with E-state index in [1.807, 2.05) is 67.3 Å². The Kier molecular flexibility index (Phi) is 4.75. The molecule has 35 heavy (non-hydrogen) atoms. The molecule has 2 heterocycles. The van der Waals surface area contributed by atoms with Gasteiger partial charge in [0, 0.05) is 41.9 Å². The number of hydrogen-bond donors (Lipinski definition) is 0. The molecule has 1 aromatic heterocycles. The standard InChI is InChI=1S/C31H27N2O2/c1-31(18-20-11-5-4-6-12-20)24-14-8-10-16-26(24)33(3)27(31)17-22-29(34)28(30(22)35)23-19-32(2)25-15-9-7-13-21(23)25/h4-17,19,28H,18H2,1-3H3/q+1. The van der Waals surface area contributed by atoms with Crippen LogP contribution in [-0.2, 0) is 28.5 Å². The first-order valence-corrected chi connectivity index (χ1v) is 12.0. The molecule has 1 atom stereocenters. The van der Waals surface area contributed by atoms with Crippen LogP contribution in [0.1, 0.15) is 29.5 Å². The van der Waals surface area contributed by atoms with Crippen LogP contribution in [0.25, 0.3) is 10.9 Å². The molecule has 1 unspecified atom stereocenters. The fraction of sp³-hybridized carbons (Fsp3) is 0.194. The van der Waals surface area contributed by atoms with Crippen LogP contribution in [0.2, 0.25) is 0 Å². The second kappa shape index (κ2) is 7.74. The Morgan fingerprint density at radius 1 is 0.914 bits per heavy atom. The topological polar surface area (TPSA) is 42.1 Å². The fourth-order valence-electron chi connectivity index (χ4n) is 5.95. The Balaban J connectivity index is 1.42. The van der Waals surface area contributed by atoms with Gasteiger partial charge in [-0.3, -0.25) is 9.59 Å². The third kappa shape index (κ3) is 3.09. The van der Waals surface area contributed by atoms with Crippen LogP contribution in [0.3, 0.4) is 0 Å². The van der Waals surface area contributed by atoms with E-state index in [0.717, 1.165) is 34.3 Å². The number of benzene rings is 3. The van der Waals surface area contributed by atoms with E-state index in [0.29, 0.717) is 5.57 Å². The average Bonchev–Trinajstić information content (AvgIpc) is 3.30. The molecule has 2 aliphatic rings. The van der Waals surface area contributed by atoms with Gasteiger partial charge in [-0.25, -0.2) is 0 Å². The normalized spacial score (nSPS) is 21.5. The summed E-state index contributed by atoms with van der Waals surface area (Å²) in [6.45, 7) is 2.21. The summed E-state index contributed by atoms with van der Waals surface area (Å²) in [5, 5.41) is 0.965. The van der Waals surface area contributed by atoms with Crippen LogP contribution < -0.4 is 0 Å². The highest BCUT2D eigenvalue weighted by Crippen LogP contribution is 2.44. The number of hydrogen-bond acceptors (Lipinski definition) is 2. The first kappa shape index (κ1) is 21.5. The predicted molar refractivity (Wildman–Crippen MR) is 139 cm³/mol. The number of carbonyl (C=O) groups is 2. The minimum absolute atomic E-state index is 0.0923. The lowest BCUT2D eigenvalue weighted by molar-refractivity contribution is -0.401. The highest BCUT2D eigenvalue weighted by Gasteiger charge is 2.51. The van der Waals surface area contributed by atoms with Gasteiger partial charge < -0.3 is 4.57 Å². The summed E-state index contributed by atoms with van der Waals surface area (Å²) < 4.78 is 4.12. The van der Waals surface area contributed by atoms with Gasteiger partial charge in [-0.05, 0) is 30.5 Å². The molecule has 1 saturated carbocycles. The Bertz CT molecular complexity index is 1570. The Labute approximate surface area is 204 Å². The number of aromatic nitrogens is 1. The molecule has 172 valence electrons. The van der Waals surface area contributed by atoms with E-state index in [1.54, 1.807) is 0 Å². The maximum Gasteiger partial charge on any atom is 0.209 e. The van der Waals surface area contributed by atoms with E-state index in [9.17, 15) is 9.59 Å². The first-order valence-electron chi connectivity index (χ1n) is 12.0. The van der Waals surface area contributed by atoms with Gasteiger partial charge in [0.25, 0.3) is 0 Å². The van der Waals surface area contributed by atoms with E-state index in [-0.39, 0.29) is 17.0 Å². The van der Waals surface area contributed by atoms with Crippen LogP contribution in [0.4, 0.5) is 5.69 Å². The molecule has 0 radical (unpaired) electrons. The van der Waals surface area contributed by atoms with Gasteiger partial charge in [-0.15, -0.1) is 0 Å². The van der Waals surface area contributed by atoms with Crippen molar-refractivity contribution in [3.05, 3.63) is 113 Å². The number of Topliss-reactive ketones (excluding diaryl/α,β-unsaturated/α-hetero) is 2. The lowest BCUT2D eigenvalue weighted by Crippen LogP contribution is -2.41. The molecular weight excluding hydrogens is 432 g/mol. The van der Waals surface area contributed by atoms with Crippen molar-refractivity contribution in [1.29, 1.82) is 0 Å². The van der Waals surface area contributed by atoms with Gasteiger partial charge >= 0.3 is 0 Å². The van der Waals surface area contributed by atoms with Gasteiger partial charge in [0.05, 0.1) is 11.0 Å². The maximum atomic E-state index is 13.4. The smallest absolute Gasteiger partial charge is 0.209 e. The minimum atomic E-state index is -0.720. The van der Waals surface area contributed by atoms with Crippen molar-refractivity contribution in [3.63, 3.8) is 0 Å². The van der Waals surface area contributed by atoms with E-state index >= 15 is 0 Å². The van der Waals surface area contributed by atoms with Crippen LogP contribution in [0, 0.1) is 0 Å². The maximum absolute atomic E-state index is 13.4. The summed E-state index contributed by atoms with van der Waals surface area (Å²) in [4.78, 5) is 26.9. The molecule has 1 aliphatic heterocycles. The summed E-state index contributed by atoms with van der Waals surface area (Å²) in [5.74, 6) is -0.905. The molecule has 0 amide bonds. The molecule has 0 saturated heterocycles. The number of allylic oxidation sites excluding steroid dienone is 2. The SMILES string of the molecule is Cn1cc(C2C(=O)C(=CC3=[N+](C)c4ccccc4C3(C)Cc3ccccc3)C2=O)c2ccccc21. The lowest BCUT2D eigenvalue weighted by Gasteiger charge is -2.27. The van der Waals surface area contributed by atoms with Crippen LogP contribution in [-0.4, -0.2) is 33.5 Å². The number of fused-ring (bicyclic) bond motifs is 2. The van der Waals surface area contributed by atoms with Crippen LogP contribution in [0.15, 0.2) is 96.7 Å². The summed E-state index contributed by atoms with van der Waals surface area (Å²) in [6.07, 6.45) is 4.56. The molecule has 4 nitrogen and oxygen atoms in total. The first-order chi connectivity index (χ1) is 16.9. The van der Waals surface area contributed by atoms with E-state index in [1.165, 1.54) is 11.1 Å². The molecule has 6 rings (SSSR count). The number of para-hydroxylation sites is 2. The molecule has 1 aliphatic carbocycles. The fourth-order valence-corrected chi connectivity index (χ4v) is 5.95. The highest BCUT2D eigenvalue weighted by molar-refractivity contribution is 6.43. The van der Waals surface area contributed by atoms with E-state index < -0.39 is 5.92 Å². The molecule has 1 fully saturated rings. The summed E-state index contributed by atoms with van der Waals surface area (Å²) >= 11 is 0. The van der Waals surface area contributed by atoms with Crippen LogP contribution >= 0.6 is 0 Å². The van der Waals surface area contributed by atoms with Gasteiger partial charge in [0.1, 0.15) is 13.0 Å². The van der Waals surface area contributed by atoms with Crippen molar-refractivity contribution in [2.24, 2.45) is 7.05 Å². The van der Waals surface area contributed by atoms with Crippen molar-refractivity contribution in [2.45, 2.75) is 24.7 Å². The second-order valence-electron chi connectivity index (χ2n) is 9.89. The summed E-state index contributed by atoms with van der Waals surface area (Å²) in [5.41, 5.74) is 6.30. The zero-order chi connectivity index (χ0) is 24.3. The van der Waals surface area contributed by atoms with Gasteiger partial charge in [-0.2, -0.15) is 4.58 Å². The van der Waals surface area contributed by atoms with Crippen molar-refractivity contribution < 1.29 is 14.2 Å². The number of aryl methyl sites for hydroxylation is 1. The number of ketones is 2. The largest absolute Gasteiger partial charge is 0.350 e. The summed E-state index contributed by atoms with van der Waals surface area (Å²) in [6, 6.07) is 26.7. The van der Waals surface area contributed by atoms with E-state index in [2.05, 4.69) is 54.0 Å². The predicted octanol–water partition coefficient (Wildman–Crippen LogP) is 5.27. The summed E-state index contributed by atoms with van der Waals surface area (Å²) in [7, 11) is 3.98. The second-order valence-corrected chi connectivity index (χ2v) is 9.89. The Morgan fingerprint density at radius 3 is 2.34 bits per heavy atom. The molecule has 0 N–H and O–H groups in total. The highest BCUT2D eigenvalue weighted by atomic mass is 16.2. The Morgan fingerprint density at radius 2 is 1.57 bits per heavy atom. The van der Waals surface area contributed by atoms with Crippen molar-refractivity contribution >= 4 is 33.9 Å². The molecule has 0 bridgehead atoms. The van der Waals surface area contributed by atoms with E-state index in [4.69, 9.17) is 0 Å². The molecule has 3 aromatic carbocycles. The number of carbonyl (C=O) groups excluding carboxylic acids is 2. The zero-order valence-corrected chi connectivity index (χ0v) is 20.2. The van der Waals surface area contributed by atoms with Crippen molar-refractivity contribution in [1.82, 2.24) is 4.57 Å². The van der Waals surface area contributed by atoms with Gasteiger partial charge in [0.2, 0.25) is 5.69 Å². The van der Waals surface area contributed by atoms with Crippen molar-refractivity contribution in [3.8, 4) is 0 Å². The Hall–Kier alpha value is -4.05.